The summed E-state index contributed by atoms with van der Waals surface area (Å²) in [5, 5.41) is 0.769. The molecule has 0 spiro atoms. The molecule has 0 radical (unpaired) electrons. The van der Waals surface area contributed by atoms with Crippen LogP contribution in [-0.4, -0.2) is 18.0 Å². The van der Waals surface area contributed by atoms with E-state index < -0.39 is 0 Å². The number of nitrogens with zero attached hydrogens (tertiary/aromatic N) is 1. The van der Waals surface area contributed by atoms with Crippen LogP contribution in [0, 0.1) is 0 Å². The summed E-state index contributed by atoms with van der Waals surface area (Å²) in [5.74, 6) is 0. The summed E-state index contributed by atoms with van der Waals surface area (Å²) in [4.78, 5) is 2.27. The Bertz CT molecular complexity index is 323. The zero-order chi connectivity index (χ0) is 11.4. The van der Waals surface area contributed by atoms with Crippen LogP contribution < -0.4 is 5.73 Å². The first-order chi connectivity index (χ1) is 7.02. The molecule has 0 aliphatic heterocycles. The third-order valence-electron chi connectivity index (χ3n) is 2.57. The minimum absolute atomic E-state index is 0.533. The molecule has 0 amide bonds. The van der Waals surface area contributed by atoms with Crippen molar-refractivity contribution >= 4 is 11.6 Å². The number of benzene rings is 1. The van der Waals surface area contributed by atoms with Crippen molar-refractivity contribution in [3.05, 3.63) is 34.3 Å². The van der Waals surface area contributed by atoms with Crippen molar-refractivity contribution in [1.29, 1.82) is 0 Å². The third-order valence-corrected chi connectivity index (χ3v) is 2.78. The van der Waals surface area contributed by atoms with Gasteiger partial charge in [0.05, 0.1) is 0 Å². The molecule has 84 valence electrons. The van der Waals surface area contributed by atoms with Gasteiger partial charge in [0.25, 0.3) is 0 Å². The molecular formula is C12H19ClN2. The SMILES string of the molecule is CC(C)N(C)Cc1cc(Cl)cc(CN)c1. The van der Waals surface area contributed by atoms with E-state index in [4.69, 9.17) is 17.3 Å². The minimum Gasteiger partial charge on any atom is -0.326 e. The van der Waals surface area contributed by atoms with Crippen LogP contribution in [0.2, 0.25) is 5.02 Å². The second kappa shape index (κ2) is 5.50. The van der Waals surface area contributed by atoms with E-state index in [2.05, 4.69) is 31.9 Å². The second-order valence-electron chi connectivity index (χ2n) is 4.18. The van der Waals surface area contributed by atoms with Gasteiger partial charge < -0.3 is 5.73 Å². The lowest BCUT2D eigenvalue weighted by molar-refractivity contribution is 0.266. The first-order valence-corrected chi connectivity index (χ1v) is 5.59. The molecule has 2 N–H and O–H groups in total. The zero-order valence-corrected chi connectivity index (χ0v) is 10.4. The molecule has 0 saturated heterocycles. The summed E-state index contributed by atoms with van der Waals surface area (Å²) in [6.45, 7) is 5.80. The molecule has 0 heterocycles. The topological polar surface area (TPSA) is 29.3 Å². The summed E-state index contributed by atoms with van der Waals surface area (Å²) >= 11 is 6.02. The van der Waals surface area contributed by atoms with Crippen LogP contribution in [-0.2, 0) is 13.1 Å². The molecule has 1 aromatic carbocycles. The average molecular weight is 227 g/mol. The Labute approximate surface area is 97.0 Å². The number of rotatable bonds is 4. The lowest BCUT2D eigenvalue weighted by Gasteiger charge is -2.21. The first-order valence-electron chi connectivity index (χ1n) is 5.21. The van der Waals surface area contributed by atoms with Crippen LogP contribution in [0.25, 0.3) is 0 Å². The smallest absolute Gasteiger partial charge is 0.0412 e. The summed E-state index contributed by atoms with van der Waals surface area (Å²) < 4.78 is 0. The summed E-state index contributed by atoms with van der Waals surface area (Å²) in [7, 11) is 2.10. The van der Waals surface area contributed by atoms with Crippen molar-refractivity contribution in [3.63, 3.8) is 0 Å². The molecule has 0 bridgehead atoms. The van der Waals surface area contributed by atoms with Crippen molar-refractivity contribution in [2.75, 3.05) is 7.05 Å². The lowest BCUT2D eigenvalue weighted by Crippen LogP contribution is -2.25. The molecule has 15 heavy (non-hydrogen) atoms. The van der Waals surface area contributed by atoms with E-state index in [1.54, 1.807) is 0 Å². The van der Waals surface area contributed by atoms with E-state index in [0.717, 1.165) is 17.1 Å². The quantitative estimate of drug-likeness (QED) is 0.856. The van der Waals surface area contributed by atoms with Gasteiger partial charge >= 0.3 is 0 Å². The molecule has 1 aromatic rings. The van der Waals surface area contributed by atoms with Gasteiger partial charge in [-0.15, -0.1) is 0 Å². The van der Waals surface area contributed by atoms with Crippen LogP contribution >= 0.6 is 11.6 Å². The molecular weight excluding hydrogens is 208 g/mol. The van der Waals surface area contributed by atoms with Gasteiger partial charge in [-0.05, 0) is 44.2 Å². The molecule has 0 atom stereocenters. The van der Waals surface area contributed by atoms with E-state index in [0.29, 0.717) is 12.6 Å². The Morgan fingerprint density at radius 1 is 1.27 bits per heavy atom. The van der Waals surface area contributed by atoms with Crippen LogP contribution in [0.15, 0.2) is 18.2 Å². The fourth-order valence-electron chi connectivity index (χ4n) is 1.40. The van der Waals surface area contributed by atoms with Gasteiger partial charge in [-0.25, -0.2) is 0 Å². The van der Waals surface area contributed by atoms with Gasteiger partial charge in [0.2, 0.25) is 0 Å². The number of halogens is 1. The largest absolute Gasteiger partial charge is 0.326 e. The maximum Gasteiger partial charge on any atom is 0.0412 e. The van der Waals surface area contributed by atoms with Gasteiger partial charge in [0, 0.05) is 24.2 Å². The average Bonchev–Trinajstić information content (AvgIpc) is 2.16. The van der Waals surface area contributed by atoms with Crippen molar-refractivity contribution in [3.8, 4) is 0 Å². The molecule has 0 aliphatic carbocycles. The Morgan fingerprint density at radius 3 is 2.40 bits per heavy atom. The number of nitrogens with two attached hydrogens (primary N) is 1. The van der Waals surface area contributed by atoms with Crippen molar-refractivity contribution in [2.24, 2.45) is 5.73 Å². The fraction of sp³-hybridized carbons (Fsp3) is 0.500. The van der Waals surface area contributed by atoms with E-state index >= 15 is 0 Å². The van der Waals surface area contributed by atoms with Crippen LogP contribution in [0.1, 0.15) is 25.0 Å². The number of hydrogen-bond donors (Lipinski definition) is 1. The highest BCUT2D eigenvalue weighted by molar-refractivity contribution is 6.30. The number of hydrogen-bond acceptors (Lipinski definition) is 2. The van der Waals surface area contributed by atoms with E-state index in [9.17, 15) is 0 Å². The third kappa shape index (κ3) is 3.82. The lowest BCUT2D eigenvalue weighted by atomic mass is 10.1. The highest BCUT2D eigenvalue weighted by atomic mass is 35.5. The predicted octanol–water partition coefficient (Wildman–Crippen LogP) is 2.64. The molecule has 0 aromatic heterocycles. The highest BCUT2D eigenvalue weighted by Gasteiger charge is 2.05. The molecule has 0 unspecified atom stereocenters. The van der Waals surface area contributed by atoms with Gasteiger partial charge in [0.15, 0.2) is 0 Å². The van der Waals surface area contributed by atoms with Crippen molar-refractivity contribution in [2.45, 2.75) is 33.0 Å². The summed E-state index contributed by atoms with van der Waals surface area (Å²) in [6.07, 6.45) is 0. The van der Waals surface area contributed by atoms with E-state index in [-0.39, 0.29) is 0 Å². The highest BCUT2D eigenvalue weighted by Crippen LogP contribution is 2.16. The van der Waals surface area contributed by atoms with Gasteiger partial charge in [0.1, 0.15) is 0 Å². The molecule has 0 aliphatic rings. The monoisotopic (exact) mass is 226 g/mol. The summed E-state index contributed by atoms with van der Waals surface area (Å²) in [5.41, 5.74) is 7.92. The van der Waals surface area contributed by atoms with Crippen LogP contribution in [0.4, 0.5) is 0 Å². The zero-order valence-electron chi connectivity index (χ0n) is 9.63. The molecule has 3 heteroatoms. The predicted molar refractivity (Wildman–Crippen MR) is 65.9 cm³/mol. The van der Waals surface area contributed by atoms with Crippen molar-refractivity contribution in [1.82, 2.24) is 4.90 Å². The fourth-order valence-corrected chi connectivity index (χ4v) is 1.68. The Balaban J connectivity index is 2.80. The van der Waals surface area contributed by atoms with Gasteiger partial charge in [-0.1, -0.05) is 17.7 Å². The van der Waals surface area contributed by atoms with Gasteiger partial charge in [-0.2, -0.15) is 0 Å². The van der Waals surface area contributed by atoms with Crippen LogP contribution in [0.3, 0.4) is 0 Å². The Morgan fingerprint density at radius 2 is 1.87 bits per heavy atom. The molecule has 1 rings (SSSR count). The maximum absolute atomic E-state index is 6.02. The second-order valence-corrected chi connectivity index (χ2v) is 4.62. The standard InChI is InChI=1S/C12H19ClN2/c1-9(2)15(3)8-11-4-10(7-14)5-12(13)6-11/h4-6,9H,7-8,14H2,1-3H3. The van der Waals surface area contributed by atoms with Crippen LogP contribution in [0.5, 0.6) is 0 Å². The normalized spacial score (nSPS) is 11.4. The van der Waals surface area contributed by atoms with E-state index in [1.165, 1.54) is 5.56 Å². The molecule has 0 saturated carbocycles. The maximum atomic E-state index is 6.02. The van der Waals surface area contributed by atoms with E-state index in [1.807, 2.05) is 12.1 Å². The Kier molecular flexibility index (Phi) is 4.58. The van der Waals surface area contributed by atoms with Gasteiger partial charge in [-0.3, -0.25) is 4.90 Å². The minimum atomic E-state index is 0.533. The Hall–Kier alpha value is -0.570. The first kappa shape index (κ1) is 12.5. The summed E-state index contributed by atoms with van der Waals surface area (Å²) in [6, 6.07) is 6.57. The molecule has 0 fully saturated rings. The molecule has 2 nitrogen and oxygen atoms in total. The van der Waals surface area contributed by atoms with Crippen molar-refractivity contribution < 1.29 is 0 Å².